The molecule has 0 aromatic carbocycles. The summed E-state index contributed by atoms with van der Waals surface area (Å²) in [7, 11) is 0. The highest BCUT2D eigenvalue weighted by Gasteiger charge is 2.38. The Morgan fingerprint density at radius 2 is 1.17 bits per heavy atom. The van der Waals surface area contributed by atoms with Gasteiger partial charge >= 0.3 is 12.1 Å². The van der Waals surface area contributed by atoms with Crippen LogP contribution in [0.3, 0.4) is 0 Å². The van der Waals surface area contributed by atoms with E-state index in [0.29, 0.717) is 26.2 Å². The number of hydrogen-bond acceptors (Lipinski definition) is 5. The summed E-state index contributed by atoms with van der Waals surface area (Å²) in [6, 6.07) is -0.313. The first-order chi connectivity index (χ1) is 19.6. The highest BCUT2D eigenvalue weighted by Crippen LogP contribution is 2.37. The largest absolute Gasteiger partial charge is 0.381 e. The summed E-state index contributed by atoms with van der Waals surface area (Å²) in [6.45, 7) is 18.4. The molecule has 1 unspecified atom stereocenters. The number of carbonyl (C=O) groups is 4. The van der Waals surface area contributed by atoms with Crippen LogP contribution >= 0.6 is 0 Å². The van der Waals surface area contributed by atoms with E-state index in [1.165, 1.54) is 9.80 Å². The lowest BCUT2D eigenvalue weighted by atomic mass is 9.75. The zero-order chi connectivity index (χ0) is 30.5. The Balaban J connectivity index is 1.65. The van der Waals surface area contributed by atoms with Crippen LogP contribution in [0.25, 0.3) is 0 Å². The SMILES string of the molecule is C=CC(CC)(CCCCOCCCCC(CC)(CC)CCN1C(=O)CN(CC)C1=O)CCN1C(=O)CN(CC)C1=O. The minimum absolute atomic E-state index is 0.0734. The van der Waals surface area contributed by atoms with Crippen molar-refractivity contribution < 1.29 is 23.9 Å². The molecular formula is C32H56N4O5. The van der Waals surface area contributed by atoms with E-state index in [-0.39, 0.29) is 47.8 Å². The molecule has 2 aliphatic heterocycles. The predicted molar refractivity (Wildman–Crippen MR) is 162 cm³/mol. The Morgan fingerprint density at radius 3 is 1.59 bits per heavy atom. The van der Waals surface area contributed by atoms with Gasteiger partial charge in [0.25, 0.3) is 0 Å². The molecule has 6 amide bonds. The summed E-state index contributed by atoms with van der Waals surface area (Å²) in [4.78, 5) is 55.5. The summed E-state index contributed by atoms with van der Waals surface area (Å²) in [5.41, 5.74) is 0.0659. The number of allylic oxidation sites excluding steroid dienone is 1. The van der Waals surface area contributed by atoms with E-state index in [2.05, 4.69) is 27.4 Å². The zero-order valence-electron chi connectivity index (χ0n) is 26.5. The summed E-state index contributed by atoms with van der Waals surface area (Å²) < 4.78 is 5.95. The molecule has 234 valence electrons. The second-order valence-electron chi connectivity index (χ2n) is 11.8. The lowest BCUT2D eigenvalue weighted by Crippen LogP contribution is -2.36. The third kappa shape index (κ3) is 9.29. The first kappa shape index (κ1) is 34.8. The van der Waals surface area contributed by atoms with Gasteiger partial charge in [0.1, 0.15) is 13.1 Å². The van der Waals surface area contributed by atoms with E-state index in [1.54, 1.807) is 9.80 Å². The summed E-state index contributed by atoms with van der Waals surface area (Å²) >= 11 is 0. The highest BCUT2D eigenvalue weighted by molar-refractivity contribution is 6.02. The monoisotopic (exact) mass is 576 g/mol. The number of hydrogen-bond donors (Lipinski definition) is 0. The molecule has 0 aromatic rings. The number of likely N-dealkylation sites (N-methyl/N-ethyl adjacent to an activating group) is 2. The summed E-state index contributed by atoms with van der Waals surface area (Å²) in [5, 5.41) is 0. The van der Waals surface area contributed by atoms with Crippen LogP contribution in [-0.2, 0) is 14.3 Å². The minimum Gasteiger partial charge on any atom is -0.381 e. The van der Waals surface area contributed by atoms with Crippen molar-refractivity contribution in [3.63, 3.8) is 0 Å². The Labute approximate surface area is 248 Å². The van der Waals surface area contributed by atoms with Crippen LogP contribution < -0.4 is 0 Å². The Bertz CT molecular complexity index is 889. The average Bonchev–Trinajstić information content (AvgIpc) is 3.43. The van der Waals surface area contributed by atoms with Gasteiger partial charge < -0.3 is 14.5 Å². The summed E-state index contributed by atoms with van der Waals surface area (Å²) in [5.74, 6) is -0.176. The molecule has 1 atom stereocenters. The van der Waals surface area contributed by atoms with Crippen molar-refractivity contribution in [1.82, 2.24) is 19.6 Å². The lowest BCUT2D eigenvalue weighted by molar-refractivity contribution is -0.126. The Kier molecular flexibility index (Phi) is 14.3. The van der Waals surface area contributed by atoms with E-state index in [9.17, 15) is 19.2 Å². The van der Waals surface area contributed by atoms with Crippen molar-refractivity contribution in [2.24, 2.45) is 10.8 Å². The normalized spacial score (nSPS) is 17.8. The average molecular weight is 577 g/mol. The number of carbonyl (C=O) groups excluding carboxylic acids is 4. The molecule has 0 N–H and O–H groups in total. The minimum atomic E-state index is -0.171. The number of ether oxygens (including phenoxy) is 1. The van der Waals surface area contributed by atoms with Crippen LogP contribution in [0.5, 0.6) is 0 Å². The number of rotatable bonds is 22. The van der Waals surface area contributed by atoms with Crippen molar-refractivity contribution in [3.8, 4) is 0 Å². The molecule has 2 rings (SSSR count). The fraction of sp³-hybridized carbons (Fsp3) is 0.812. The van der Waals surface area contributed by atoms with Crippen LogP contribution in [0.15, 0.2) is 12.7 Å². The third-order valence-corrected chi connectivity index (χ3v) is 9.82. The maximum Gasteiger partial charge on any atom is 0.327 e. The molecule has 2 fully saturated rings. The fourth-order valence-corrected chi connectivity index (χ4v) is 6.20. The molecule has 0 radical (unpaired) electrons. The molecule has 2 heterocycles. The van der Waals surface area contributed by atoms with Crippen LogP contribution in [0.4, 0.5) is 9.59 Å². The first-order valence-corrected chi connectivity index (χ1v) is 16.0. The van der Waals surface area contributed by atoms with Crippen LogP contribution in [0.2, 0.25) is 0 Å². The van der Waals surface area contributed by atoms with Crippen LogP contribution in [0.1, 0.15) is 105 Å². The van der Waals surface area contributed by atoms with E-state index in [4.69, 9.17) is 4.74 Å². The molecular weight excluding hydrogens is 520 g/mol. The predicted octanol–water partition coefficient (Wildman–Crippen LogP) is 6.08. The van der Waals surface area contributed by atoms with E-state index < -0.39 is 0 Å². The molecule has 0 aliphatic carbocycles. The van der Waals surface area contributed by atoms with Crippen molar-refractivity contribution in [3.05, 3.63) is 12.7 Å². The molecule has 0 saturated carbocycles. The van der Waals surface area contributed by atoms with Gasteiger partial charge in [-0.05, 0) is 69.6 Å². The number of urea groups is 2. The van der Waals surface area contributed by atoms with Gasteiger partial charge in [-0.25, -0.2) is 9.59 Å². The molecule has 2 saturated heterocycles. The maximum atomic E-state index is 12.5. The van der Waals surface area contributed by atoms with Gasteiger partial charge in [0.05, 0.1) is 0 Å². The van der Waals surface area contributed by atoms with E-state index >= 15 is 0 Å². The van der Waals surface area contributed by atoms with Gasteiger partial charge in [-0.1, -0.05) is 52.5 Å². The topological polar surface area (TPSA) is 90.5 Å². The van der Waals surface area contributed by atoms with Crippen LogP contribution in [-0.4, -0.2) is 96.0 Å². The molecule has 0 spiro atoms. The molecule has 9 nitrogen and oxygen atoms in total. The van der Waals surface area contributed by atoms with E-state index in [1.807, 2.05) is 19.9 Å². The lowest BCUT2D eigenvalue weighted by Gasteiger charge is -2.33. The number of imide groups is 2. The second kappa shape index (κ2) is 16.9. The number of amides is 6. The number of nitrogens with zero attached hydrogens (tertiary/aromatic N) is 4. The Morgan fingerprint density at radius 1 is 0.683 bits per heavy atom. The third-order valence-electron chi connectivity index (χ3n) is 9.82. The maximum absolute atomic E-state index is 12.5. The van der Waals surface area contributed by atoms with Gasteiger partial charge in [0, 0.05) is 39.4 Å². The highest BCUT2D eigenvalue weighted by atomic mass is 16.5. The molecule has 2 aliphatic rings. The molecule has 9 heteroatoms. The molecule has 0 bridgehead atoms. The molecule has 41 heavy (non-hydrogen) atoms. The smallest absolute Gasteiger partial charge is 0.327 e. The van der Waals surface area contributed by atoms with Gasteiger partial charge in [-0.3, -0.25) is 19.4 Å². The van der Waals surface area contributed by atoms with Crippen molar-refractivity contribution in [2.45, 2.75) is 105 Å². The van der Waals surface area contributed by atoms with Crippen molar-refractivity contribution >= 4 is 23.9 Å². The van der Waals surface area contributed by atoms with Crippen molar-refractivity contribution in [1.29, 1.82) is 0 Å². The van der Waals surface area contributed by atoms with Gasteiger partial charge in [0.2, 0.25) is 11.8 Å². The zero-order valence-corrected chi connectivity index (χ0v) is 26.5. The van der Waals surface area contributed by atoms with Crippen LogP contribution in [0, 0.1) is 10.8 Å². The quantitative estimate of drug-likeness (QED) is 0.0885. The number of unbranched alkanes of at least 4 members (excludes halogenated alkanes) is 2. The fourth-order valence-electron chi connectivity index (χ4n) is 6.20. The standard InChI is InChI=1S/C32H56N4O5/c1-7-31(8-2,19-21-35-27(37)25-33(11-5)29(35)39)17-13-15-23-41-24-16-14-18-32(9-3,10-4)20-22-36-28(38)26-34(12-6)30(36)40/h7H,1,8-26H2,2-6H3. The second-order valence-corrected chi connectivity index (χ2v) is 11.8. The molecule has 0 aromatic heterocycles. The summed E-state index contributed by atoms with van der Waals surface area (Å²) in [6.07, 6.45) is 12.7. The Hall–Kier alpha value is -2.42. The van der Waals surface area contributed by atoms with Crippen molar-refractivity contribution in [2.75, 3.05) is 52.5 Å². The first-order valence-electron chi connectivity index (χ1n) is 16.0. The van der Waals surface area contributed by atoms with Gasteiger partial charge in [-0.15, -0.1) is 6.58 Å². The van der Waals surface area contributed by atoms with Gasteiger partial charge in [0.15, 0.2) is 0 Å². The van der Waals surface area contributed by atoms with E-state index in [0.717, 1.165) is 83.8 Å². The van der Waals surface area contributed by atoms with Gasteiger partial charge in [-0.2, -0.15) is 0 Å².